The van der Waals surface area contributed by atoms with Crippen molar-refractivity contribution in [1.29, 1.82) is 5.26 Å². The third-order valence-corrected chi connectivity index (χ3v) is 1.98. The molecule has 0 N–H and O–H groups in total. The number of aryl methyl sites for hydroxylation is 2. The lowest BCUT2D eigenvalue weighted by Crippen LogP contribution is -2.08. The molecular weight excluding hydrogens is 188 g/mol. The Morgan fingerprint density at radius 1 is 1.47 bits per heavy atom. The van der Waals surface area contributed by atoms with Gasteiger partial charge in [0, 0.05) is 5.69 Å². The van der Waals surface area contributed by atoms with Crippen molar-refractivity contribution in [2.75, 3.05) is 6.61 Å². The van der Waals surface area contributed by atoms with Gasteiger partial charge in [-0.05, 0) is 31.4 Å². The highest BCUT2D eigenvalue weighted by Crippen LogP contribution is 2.20. The number of ether oxygens (including phenoxy) is 1. The third kappa shape index (κ3) is 2.95. The monoisotopic (exact) mass is 204 g/mol. The normalized spacial score (nSPS) is 10.1. The summed E-state index contributed by atoms with van der Waals surface area (Å²) in [6.07, 6.45) is 0. The molecule has 0 aliphatic heterocycles. The van der Waals surface area contributed by atoms with Gasteiger partial charge in [-0.3, -0.25) is 0 Å². The Hall–Kier alpha value is -1.56. The van der Waals surface area contributed by atoms with E-state index >= 15 is 0 Å². The van der Waals surface area contributed by atoms with E-state index in [9.17, 15) is 0 Å². The molecule has 0 aromatic carbocycles. The van der Waals surface area contributed by atoms with Crippen LogP contribution in [0.3, 0.4) is 0 Å². The zero-order chi connectivity index (χ0) is 11.4. The molecule has 1 heterocycles. The van der Waals surface area contributed by atoms with Crippen molar-refractivity contribution in [2.24, 2.45) is 5.92 Å². The van der Waals surface area contributed by atoms with Gasteiger partial charge < -0.3 is 4.74 Å². The molecule has 0 atom stereocenters. The molecule has 0 aliphatic rings. The van der Waals surface area contributed by atoms with E-state index < -0.39 is 0 Å². The number of rotatable bonds is 3. The molecule has 3 nitrogen and oxygen atoms in total. The first kappa shape index (κ1) is 11.5. The van der Waals surface area contributed by atoms with Crippen molar-refractivity contribution >= 4 is 0 Å². The molecular formula is C12H16N2O. The molecule has 0 saturated carbocycles. The summed E-state index contributed by atoms with van der Waals surface area (Å²) in [7, 11) is 0. The van der Waals surface area contributed by atoms with Gasteiger partial charge in [0.2, 0.25) is 5.88 Å². The van der Waals surface area contributed by atoms with Crippen LogP contribution in [0.25, 0.3) is 0 Å². The summed E-state index contributed by atoms with van der Waals surface area (Å²) in [5.41, 5.74) is 2.34. The molecule has 80 valence electrons. The minimum Gasteiger partial charge on any atom is -0.476 e. The zero-order valence-corrected chi connectivity index (χ0v) is 9.66. The van der Waals surface area contributed by atoms with Crippen molar-refractivity contribution in [3.05, 3.63) is 22.9 Å². The van der Waals surface area contributed by atoms with E-state index in [4.69, 9.17) is 10.00 Å². The van der Waals surface area contributed by atoms with Gasteiger partial charge in [-0.15, -0.1) is 0 Å². The summed E-state index contributed by atoms with van der Waals surface area (Å²) in [4.78, 5) is 4.23. The van der Waals surface area contributed by atoms with Crippen LogP contribution < -0.4 is 4.74 Å². The molecule has 0 radical (unpaired) electrons. The number of nitrogens with zero attached hydrogens (tertiary/aromatic N) is 2. The first-order valence-electron chi connectivity index (χ1n) is 5.05. The molecule has 0 bridgehead atoms. The van der Waals surface area contributed by atoms with Gasteiger partial charge in [0.1, 0.15) is 11.6 Å². The topological polar surface area (TPSA) is 45.9 Å². The van der Waals surface area contributed by atoms with Crippen LogP contribution in [0.4, 0.5) is 0 Å². The van der Waals surface area contributed by atoms with Gasteiger partial charge in [-0.2, -0.15) is 5.26 Å². The SMILES string of the molecule is Cc1cc(C)c(C#N)c(OCC(C)C)n1. The highest BCUT2D eigenvalue weighted by Gasteiger charge is 2.10. The maximum Gasteiger partial charge on any atom is 0.232 e. The van der Waals surface area contributed by atoms with Gasteiger partial charge in [-0.1, -0.05) is 13.8 Å². The van der Waals surface area contributed by atoms with Crippen LogP contribution in [0, 0.1) is 31.1 Å². The van der Waals surface area contributed by atoms with Crippen molar-refractivity contribution in [1.82, 2.24) is 4.98 Å². The van der Waals surface area contributed by atoms with Gasteiger partial charge >= 0.3 is 0 Å². The average molecular weight is 204 g/mol. The Labute approximate surface area is 90.7 Å². The molecule has 0 unspecified atom stereocenters. The predicted octanol–water partition coefficient (Wildman–Crippen LogP) is 2.60. The second-order valence-corrected chi connectivity index (χ2v) is 4.08. The maximum atomic E-state index is 8.99. The second kappa shape index (κ2) is 4.79. The van der Waals surface area contributed by atoms with E-state index in [1.54, 1.807) is 0 Å². The van der Waals surface area contributed by atoms with E-state index in [2.05, 4.69) is 24.9 Å². The number of hydrogen-bond acceptors (Lipinski definition) is 3. The molecule has 1 rings (SSSR count). The average Bonchev–Trinajstić information content (AvgIpc) is 2.13. The fourth-order valence-corrected chi connectivity index (χ4v) is 1.29. The summed E-state index contributed by atoms with van der Waals surface area (Å²) in [5, 5.41) is 8.99. The number of pyridine rings is 1. The van der Waals surface area contributed by atoms with E-state index in [0.29, 0.717) is 24.0 Å². The Bertz CT molecular complexity index is 391. The standard InChI is InChI=1S/C12H16N2O/c1-8(2)7-15-12-11(6-13)9(3)5-10(4)14-12/h5,8H,7H2,1-4H3. The summed E-state index contributed by atoms with van der Waals surface area (Å²) >= 11 is 0. The Morgan fingerprint density at radius 3 is 2.67 bits per heavy atom. The van der Waals surface area contributed by atoms with Crippen LogP contribution in [0.1, 0.15) is 30.7 Å². The Kier molecular flexibility index (Phi) is 3.68. The number of hydrogen-bond donors (Lipinski definition) is 0. The summed E-state index contributed by atoms with van der Waals surface area (Å²) < 4.78 is 5.52. The Morgan fingerprint density at radius 2 is 2.13 bits per heavy atom. The maximum absolute atomic E-state index is 8.99. The van der Waals surface area contributed by atoms with Gasteiger partial charge in [0.05, 0.1) is 6.61 Å². The van der Waals surface area contributed by atoms with Gasteiger partial charge in [-0.25, -0.2) is 4.98 Å². The van der Waals surface area contributed by atoms with Crippen LogP contribution in [-0.4, -0.2) is 11.6 Å². The van der Waals surface area contributed by atoms with Crippen LogP contribution in [0.2, 0.25) is 0 Å². The van der Waals surface area contributed by atoms with Crippen LogP contribution in [0.15, 0.2) is 6.07 Å². The fraction of sp³-hybridized carbons (Fsp3) is 0.500. The largest absolute Gasteiger partial charge is 0.476 e. The van der Waals surface area contributed by atoms with Gasteiger partial charge in [0.25, 0.3) is 0 Å². The van der Waals surface area contributed by atoms with Crippen molar-refractivity contribution in [3.63, 3.8) is 0 Å². The first-order valence-corrected chi connectivity index (χ1v) is 5.05. The van der Waals surface area contributed by atoms with Gasteiger partial charge in [0.15, 0.2) is 0 Å². The molecule has 0 amide bonds. The lowest BCUT2D eigenvalue weighted by atomic mass is 10.1. The summed E-state index contributed by atoms with van der Waals surface area (Å²) in [6, 6.07) is 4.02. The molecule has 0 fully saturated rings. The zero-order valence-electron chi connectivity index (χ0n) is 9.66. The van der Waals surface area contributed by atoms with Crippen molar-refractivity contribution in [3.8, 4) is 11.9 Å². The van der Waals surface area contributed by atoms with E-state index in [1.807, 2.05) is 19.9 Å². The van der Waals surface area contributed by atoms with Crippen molar-refractivity contribution in [2.45, 2.75) is 27.7 Å². The molecule has 1 aromatic heterocycles. The van der Waals surface area contributed by atoms with Crippen LogP contribution in [0.5, 0.6) is 5.88 Å². The summed E-state index contributed by atoms with van der Waals surface area (Å²) in [5.74, 6) is 0.892. The lowest BCUT2D eigenvalue weighted by Gasteiger charge is -2.11. The summed E-state index contributed by atoms with van der Waals surface area (Å²) in [6.45, 7) is 8.51. The Balaban J connectivity index is 3.00. The molecule has 0 spiro atoms. The van der Waals surface area contributed by atoms with E-state index in [-0.39, 0.29) is 0 Å². The molecule has 0 saturated heterocycles. The number of aromatic nitrogens is 1. The predicted molar refractivity (Wildman–Crippen MR) is 58.8 cm³/mol. The van der Waals surface area contributed by atoms with E-state index in [1.165, 1.54) is 0 Å². The van der Waals surface area contributed by atoms with Crippen molar-refractivity contribution < 1.29 is 4.74 Å². The number of nitriles is 1. The molecule has 15 heavy (non-hydrogen) atoms. The second-order valence-electron chi connectivity index (χ2n) is 4.08. The van der Waals surface area contributed by atoms with Crippen LogP contribution >= 0.6 is 0 Å². The smallest absolute Gasteiger partial charge is 0.232 e. The highest BCUT2D eigenvalue weighted by molar-refractivity contribution is 5.45. The highest BCUT2D eigenvalue weighted by atomic mass is 16.5. The molecule has 1 aromatic rings. The molecule has 0 aliphatic carbocycles. The van der Waals surface area contributed by atoms with E-state index in [0.717, 1.165) is 11.3 Å². The molecule has 3 heteroatoms. The van der Waals surface area contributed by atoms with Crippen LogP contribution in [-0.2, 0) is 0 Å². The minimum atomic E-state index is 0.430. The lowest BCUT2D eigenvalue weighted by molar-refractivity contribution is 0.260. The third-order valence-electron chi connectivity index (χ3n) is 1.98. The quantitative estimate of drug-likeness (QED) is 0.760. The minimum absolute atomic E-state index is 0.430. The fourth-order valence-electron chi connectivity index (χ4n) is 1.29. The first-order chi connectivity index (χ1) is 7.04.